The van der Waals surface area contributed by atoms with Gasteiger partial charge in [0.1, 0.15) is 0 Å². The highest BCUT2D eigenvalue weighted by Crippen LogP contribution is 2.29. The number of hydrogen-bond donors (Lipinski definition) is 0. The zero-order valence-corrected chi connectivity index (χ0v) is 13.5. The van der Waals surface area contributed by atoms with Crippen LogP contribution in [0.2, 0.25) is 0 Å². The molecule has 0 saturated carbocycles. The number of aryl methyl sites for hydroxylation is 1. The lowest BCUT2D eigenvalue weighted by molar-refractivity contribution is 0.213. The van der Waals surface area contributed by atoms with Crippen LogP contribution in [0.4, 0.5) is 0 Å². The topological polar surface area (TPSA) is 37.4 Å². The van der Waals surface area contributed by atoms with E-state index in [1.165, 1.54) is 6.42 Å². The van der Waals surface area contributed by atoms with Crippen molar-refractivity contribution in [2.24, 2.45) is 11.8 Å². The zero-order valence-electron chi connectivity index (χ0n) is 12.7. The number of nitrogens with zero attached hydrogens (tertiary/aromatic N) is 1. The molecular weight excluding hydrogens is 270 g/mol. The largest absolute Gasteiger partial charge is 0.243 e. The van der Waals surface area contributed by atoms with Gasteiger partial charge in [-0.25, -0.2) is 8.42 Å². The van der Waals surface area contributed by atoms with Gasteiger partial charge in [-0.1, -0.05) is 38.0 Å². The molecule has 1 aromatic carbocycles. The van der Waals surface area contributed by atoms with Crippen molar-refractivity contribution in [1.82, 2.24) is 4.31 Å². The van der Waals surface area contributed by atoms with E-state index in [1.807, 2.05) is 19.1 Å². The Labute approximate surface area is 123 Å². The highest BCUT2D eigenvalue weighted by Gasteiger charge is 2.30. The van der Waals surface area contributed by atoms with Gasteiger partial charge in [-0.3, -0.25) is 0 Å². The summed E-state index contributed by atoms with van der Waals surface area (Å²) in [5, 5.41) is 0. The summed E-state index contributed by atoms with van der Waals surface area (Å²) in [6.45, 7) is 7.76. The minimum atomic E-state index is -3.30. The highest BCUT2D eigenvalue weighted by atomic mass is 32.2. The van der Waals surface area contributed by atoms with E-state index in [4.69, 9.17) is 0 Å². The fourth-order valence-electron chi connectivity index (χ4n) is 2.88. The fraction of sp³-hybridized carbons (Fsp3) is 0.625. The Morgan fingerprint density at radius 2 is 1.75 bits per heavy atom. The molecule has 0 amide bonds. The number of rotatable bonds is 4. The zero-order chi connectivity index (χ0) is 14.8. The summed E-state index contributed by atoms with van der Waals surface area (Å²) in [7, 11) is -3.30. The smallest absolute Gasteiger partial charge is 0.207 e. The van der Waals surface area contributed by atoms with Crippen molar-refractivity contribution in [3.63, 3.8) is 0 Å². The first-order chi connectivity index (χ1) is 9.45. The van der Waals surface area contributed by atoms with E-state index < -0.39 is 10.0 Å². The van der Waals surface area contributed by atoms with Crippen LogP contribution in [0.1, 0.15) is 38.7 Å². The van der Waals surface area contributed by atoms with Crippen molar-refractivity contribution < 1.29 is 8.42 Å². The van der Waals surface area contributed by atoms with E-state index >= 15 is 0 Å². The maximum Gasteiger partial charge on any atom is 0.243 e. The molecule has 112 valence electrons. The van der Waals surface area contributed by atoms with Gasteiger partial charge in [0.15, 0.2) is 0 Å². The first-order valence-electron chi connectivity index (χ1n) is 7.52. The maximum atomic E-state index is 12.6. The fourth-order valence-corrected chi connectivity index (χ4v) is 4.35. The molecule has 0 aliphatic carbocycles. The van der Waals surface area contributed by atoms with Crippen molar-refractivity contribution in [3.8, 4) is 0 Å². The van der Waals surface area contributed by atoms with E-state index in [-0.39, 0.29) is 0 Å². The van der Waals surface area contributed by atoms with Crippen LogP contribution in [0.15, 0.2) is 29.2 Å². The number of sulfonamides is 1. The van der Waals surface area contributed by atoms with Gasteiger partial charge < -0.3 is 0 Å². The number of benzene rings is 1. The molecule has 1 fully saturated rings. The van der Waals surface area contributed by atoms with Crippen LogP contribution in [-0.4, -0.2) is 25.8 Å². The van der Waals surface area contributed by atoms with Gasteiger partial charge in [0.25, 0.3) is 0 Å². The molecule has 2 rings (SSSR count). The normalized spacial score (nSPS) is 19.9. The Hall–Kier alpha value is -0.870. The number of hydrogen-bond acceptors (Lipinski definition) is 2. The lowest BCUT2D eigenvalue weighted by Gasteiger charge is -2.33. The average Bonchev–Trinajstić information content (AvgIpc) is 2.47. The van der Waals surface area contributed by atoms with Crippen molar-refractivity contribution in [2.75, 3.05) is 13.1 Å². The van der Waals surface area contributed by atoms with E-state index in [2.05, 4.69) is 13.8 Å². The molecule has 1 heterocycles. The standard InChI is InChI=1S/C16H25NO2S/c1-4-14(3)15-9-11-17(12-10-15)20(18,19)16-7-5-13(2)6-8-16/h5-8,14-15H,4,9-12H2,1-3H3. The Morgan fingerprint density at radius 1 is 1.20 bits per heavy atom. The van der Waals surface area contributed by atoms with E-state index in [0.717, 1.165) is 18.4 Å². The number of piperidine rings is 1. The summed E-state index contributed by atoms with van der Waals surface area (Å²) in [5.41, 5.74) is 1.08. The molecule has 20 heavy (non-hydrogen) atoms. The first-order valence-corrected chi connectivity index (χ1v) is 8.96. The summed E-state index contributed by atoms with van der Waals surface area (Å²) in [5.74, 6) is 1.36. The van der Waals surface area contributed by atoms with Crippen LogP contribution < -0.4 is 0 Å². The molecule has 0 radical (unpaired) electrons. The summed E-state index contributed by atoms with van der Waals surface area (Å²) in [6.07, 6.45) is 3.15. The second-order valence-corrected chi connectivity index (χ2v) is 7.88. The Bertz CT molecular complexity index is 528. The van der Waals surface area contributed by atoms with Gasteiger partial charge in [0.2, 0.25) is 10.0 Å². The minimum Gasteiger partial charge on any atom is -0.207 e. The van der Waals surface area contributed by atoms with Crippen LogP contribution in [0.5, 0.6) is 0 Å². The van der Waals surface area contributed by atoms with Gasteiger partial charge in [-0.2, -0.15) is 4.31 Å². The van der Waals surface area contributed by atoms with Gasteiger partial charge in [0, 0.05) is 13.1 Å². The van der Waals surface area contributed by atoms with Crippen molar-refractivity contribution in [2.45, 2.75) is 44.9 Å². The predicted molar refractivity (Wildman–Crippen MR) is 82.1 cm³/mol. The molecule has 1 unspecified atom stereocenters. The molecule has 0 bridgehead atoms. The molecule has 1 saturated heterocycles. The predicted octanol–water partition coefficient (Wildman–Crippen LogP) is 3.44. The average molecular weight is 295 g/mol. The molecule has 0 spiro atoms. The van der Waals surface area contributed by atoms with Crippen LogP contribution in [0, 0.1) is 18.8 Å². The minimum absolute atomic E-state index is 0.421. The van der Waals surface area contributed by atoms with E-state index in [9.17, 15) is 8.42 Å². The van der Waals surface area contributed by atoms with E-state index in [0.29, 0.717) is 29.8 Å². The Balaban J connectivity index is 2.07. The Morgan fingerprint density at radius 3 is 2.25 bits per heavy atom. The first kappa shape index (κ1) is 15.5. The van der Waals surface area contributed by atoms with Crippen LogP contribution >= 0.6 is 0 Å². The molecule has 1 aliphatic heterocycles. The SMILES string of the molecule is CCC(C)C1CCN(S(=O)(=O)c2ccc(C)cc2)CC1. The molecule has 0 N–H and O–H groups in total. The monoisotopic (exact) mass is 295 g/mol. The maximum absolute atomic E-state index is 12.6. The second kappa shape index (κ2) is 6.27. The van der Waals surface area contributed by atoms with Crippen LogP contribution in [0.25, 0.3) is 0 Å². The van der Waals surface area contributed by atoms with Gasteiger partial charge >= 0.3 is 0 Å². The summed E-state index contributed by atoms with van der Waals surface area (Å²) in [6, 6.07) is 7.15. The third kappa shape index (κ3) is 3.23. The Kier molecular flexibility index (Phi) is 4.86. The highest BCUT2D eigenvalue weighted by molar-refractivity contribution is 7.89. The molecule has 3 nitrogen and oxygen atoms in total. The summed E-state index contributed by atoms with van der Waals surface area (Å²) >= 11 is 0. The molecular formula is C16H25NO2S. The van der Waals surface area contributed by atoms with Crippen LogP contribution in [-0.2, 0) is 10.0 Å². The summed E-state index contributed by atoms with van der Waals surface area (Å²) in [4.78, 5) is 0.421. The lowest BCUT2D eigenvalue weighted by atomic mass is 9.85. The van der Waals surface area contributed by atoms with Gasteiger partial charge in [-0.05, 0) is 43.7 Å². The van der Waals surface area contributed by atoms with Crippen LogP contribution in [0.3, 0.4) is 0 Å². The molecule has 0 aromatic heterocycles. The van der Waals surface area contributed by atoms with Crippen molar-refractivity contribution in [1.29, 1.82) is 0 Å². The lowest BCUT2D eigenvalue weighted by Crippen LogP contribution is -2.39. The van der Waals surface area contributed by atoms with Gasteiger partial charge in [-0.15, -0.1) is 0 Å². The quantitative estimate of drug-likeness (QED) is 0.853. The molecule has 1 atom stereocenters. The third-order valence-corrected chi connectivity index (χ3v) is 6.52. The summed E-state index contributed by atoms with van der Waals surface area (Å²) < 4.78 is 26.8. The second-order valence-electron chi connectivity index (χ2n) is 5.94. The third-order valence-electron chi connectivity index (χ3n) is 4.61. The molecule has 1 aromatic rings. The van der Waals surface area contributed by atoms with E-state index in [1.54, 1.807) is 16.4 Å². The van der Waals surface area contributed by atoms with Gasteiger partial charge in [0.05, 0.1) is 4.90 Å². The van der Waals surface area contributed by atoms with Crippen molar-refractivity contribution in [3.05, 3.63) is 29.8 Å². The van der Waals surface area contributed by atoms with Crippen molar-refractivity contribution >= 4 is 10.0 Å². The molecule has 4 heteroatoms. The molecule has 1 aliphatic rings.